The first-order valence-electron chi connectivity index (χ1n) is 8.79. The van der Waals surface area contributed by atoms with Crippen molar-refractivity contribution in [1.29, 1.82) is 0 Å². The molecular formula is C19H23N5O2. The predicted octanol–water partition coefficient (Wildman–Crippen LogP) is 3.38. The lowest BCUT2D eigenvalue weighted by Gasteiger charge is -2.11. The van der Waals surface area contributed by atoms with Gasteiger partial charge in [-0.1, -0.05) is 37.3 Å². The van der Waals surface area contributed by atoms with E-state index in [1.165, 1.54) is 0 Å². The van der Waals surface area contributed by atoms with Crippen LogP contribution >= 0.6 is 0 Å². The molecule has 136 valence electrons. The molecule has 0 atom stereocenters. The van der Waals surface area contributed by atoms with E-state index in [0.717, 1.165) is 12.0 Å². The second-order valence-corrected chi connectivity index (χ2v) is 6.33. The Morgan fingerprint density at radius 2 is 2.00 bits per heavy atom. The van der Waals surface area contributed by atoms with Gasteiger partial charge in [0, 0.05) is 6.04 Å². The molecule has 7 nitrogen and oxygen atoms in total. The Hall–Kier alpha value is -2.96. The second-order valence-electron chi connectivity index (χ2n) is 6.33. The number of carbonyl (C=O) groups is 1. The maximum atomic E-state index is 12.3. The minimum Gasteiger partial charge on any atom is -0.476 e. The summed E-state index contributed by atoms with van der Waals surface area (Å²) in [6.07, 6.45) is 2.83. The normalized spacial score (nSPS) is 11.1. The van der Waals surface area contributed by atoms with Gasteiger partial charge in [0.1, 0.15) is 0 Å². The molecule has 26 heavy (non-hydrogen) atoms. The van der Waals surface area contributed by atoms with E-state index >= 15 is 0 Å². The highest BCUT2D eigenvalue weighted by Crippen LogP contribution is 2.25. The van der Waals surface area contributed by atoms with Crippen molar-refractivity contribution in [3.63, 3.8) is 0 Å². The Morgan fingerprint density at radius 1 is 1.23 bits per heavy atom. The largest absolute Gasteiger partial charge is 0.476 e. The summed E-state index contributed by atoms with van der Waals surface area (Å²) in [6.45, 7) is 6.64. The Bertz CT molecular complexity index is 890. The number of benzene rings is 1. The number of carbonyl (C=O) groups excluding carboxylic acids is 1. The molecule has 1 aromatic carbocycles. The Labute approximate surface area is 152 Å². The fourth-order valence-electron chi connectivity index (χ4n) is 2.57. The quantitative estimate of drug-likeness (QED) is 0.704. The van der Waals surface area contributed by atoms with Gasteiger partial charge in [-0.25, -0.2) is 4.98 Å². The van der Waals surface area contributed by atoms with Crippen LogP contribution in [0.4, 0.5) is 5.95 Å². The lowest BCUT2D eigenvalue weighted by molar-refractivity contribution is -0.115. The zero-order valence-corrected chi connectivity index (χ0v) is 15.3. The fraction of sp³-hybridized carbons (Fsp3) is 0.368. The molecule has 7 heteroatoms. The maximum absolute atomic E-state index is 12.3. The van der Waals surface area contributed by atoms with E-state index in [9.17, 15) is 4.79 Å². The molecule has 0 aliphatic carbocycles. The molecular weight excluding hydrogens is 330 g/mol. The summed E-state index contributed by atoms with van der Waals surface area (Å²) < 4.78 is 7.66. The number of ether oxygens (including phenoxy) is 1. The number of aromatic nitrogens is 4. The van der Waals surface area contributed by atoms with Crippen LogP contribution in [-0.2, 0) is 11.2 Å². The Kier molecular flexibility index (Phi) is 5.46. The number of nitrogens with zero attached hydrogens (tertiary/aromatic N) is 4. The topological polar surface area (TPSA) is 81.9 Å². The van der Waals surface area contributed by atoms with Gasteiger partial charge in [-0.15, -0.1) is 0 Å². The van der Waals surface area contributed by atoms with Gasteiger partial charge < -0.3 is 9.30 Å². The van der Waals surface area contributed by atoms with Crippen molar-refractivity contribution in [3.05, 3.63) is 42.2 Å². The molecule has 0 saturated heterocycles. The lowest BCUT2D eigenvalue weighted by Crippen LogP contribution is -2.17. The third-order valence-corrected chi connectivity index (χ3v) is 3.85. The van der Waals surface area contributed by atoms with Gasteiger partial charge in [-0.05, 0) is 25.8 Å². The third kappa shape index (κ3) is 3.99. The first kappa shape index (κ1) is 17.8. The SMILES string of the molecule is CCCOc1nc(NC(=O)Cc2ccccc2)nc2c1ncn2C(C)C. The molecule has 0 bridgehead atoms. The van der Waals surface area contributed by atoms with Crippen molar-refractivity contribution in [2.75, 3.05) is 11.9 Å². The number of rotatable bonds is 7. The second kappa shape index (κ2) is 7.95. The fourth-order valence-corrected chi connectivity index (χ4v) is 2.57. The van der Waals surface area contributed by atoms with Crippen LogP contribution in [0.15, 0.2) is 36.7 Å². The molecule has 2 heterocycles. The number of anilines is 1. The first-order chi connectivity index (χ1) is 12.6. The Balaban J connectivity index is 1.89. The maximum Gasteiger partial charge on any atom is 0.247 e. The minimum atomic E-state index is -0.174. The molecule has 0 spiro atoms. The van der Waals surface area contributed by atoms with E-state index in [1.807, 2.05) is 55.7 Å². The van der Waals surface area contributed by atoms with Crippen molar-refractivity contribution >= 4 is 23.0 Å². The van der Waals surface area contributed by atoms with Gasteiger partial charge in [0.2, 0.25) is 17.7 Å². The molecule has 0 radical (unpaired) electrons. The van der Waals surface area contributed by atoms with Crippen LogP contribution in [0.2, 0.25) is 0 Å². The van der Waals surface area contributed by atoms with E-state index in [0.29, 0.717) is 23.7 Å². The van der Waals surface area contributed by atoms with Crippen LogP contribution in [0.25, 0.3) is 11.2 Å². The third-order valence-electron chi connectivity index (χ3n) is 3.85. The van der Waals surface area contributed by atoms with E-state index < -0.39 is 0 Å². The standard InChI is InChI=1S/C19H23N5O2/c1-4-10-26-18-16-17(24(12-20-16)13(2)3)22-19(23-18)21-15(25)11-14-8-6-5-7-9-14/h5-9,12-13H,4,10-11H2,1-3H3,(H,21,22,23,25). The summed E-state index contributed by atoms with van der Waals surface area (Å²) in [6, 6.07) is 9.73. The van der Waals surface area contributed by atoms with Crippen LogP contribution in [0.3, 0.4) is 0 Å². The molecule has 3 aromatic rings. The minimum absolute atomic E-state index is 0.174. The molecule has 0 aliphatic rings. The number of nitrogens with one attached hydrogen (secondary N) is 1. The van der Waals surface area contributed by atoms with Gasteiger partial charge in [0.05, 0.1) is 19.4 Å². The monoisotopic (exact) mass is 353 g/mol. The summed E-state index contributed by atoms with van der Waals surface area (Å²) in [5.41, 5.74) is 2.19. The van der Waals surface area contributed by atoms with E-state index in [1.54, 1.807) is 6.33 Å². The highest BCUT2D eigenvalue weighted by atomic mass is 16.5. The number of imidazole rings is 1. The van der Waals surface area contributed by atoms with Crippen LogP contribution < -0.4 is 10.1 Å². The molecule has 0 unspecified atom stereocenters. The average molecular weight is 353 g/mol. The van der Waals surface area contributed by atoms with Crippen LogP contribution in [0.1, 0.15) is 38.8 Å². The summed E-state index contributed by atoms with van der Waals surface area (Å²) in [4.78, 5) is 25.6. The molecule has 1 N–H and O–H groups in total. The van der Waals surface area contributed by atoms with Crippen molar-refractivity contribution in [1.82, 2.24) is 19.5 Å². The van der Waals surface area contributed by atoms with Crippen molar-refractivity contribution in [2.24, 2.45) is 0 Å². The number of hydrogen-bond acceptors (Lipinski definition) is 5. The van der Waals surface area contributed by atoms with Gasteiger partial charge in [-0.2, -0.15) is 9.97 Å². The summed E-state index contributed by atoms with van der Waals surface area (Å²) in [5.74, 6) is 0.450. The van der Waals surface area contributed by atoms with Gasteiger partial charge in [-0.3, -0.25) is 10.1 Å². The molecule has 1 amide bonds. The van der Waals surface area contributed by atoms with Gasteiger partial charge in [0.15, 0.2) is 11.2 Å². The predicted molar refractivity (Wildman–Crippen MR) is 100 cm³/mol. The summed E-state index contributed by atoms with van der Waals surface area (Å²) in [5, 5.41) is 2.77. The highest BCUT2D eigenvalue weighted by Gasteiger charge is 2.17. The van der Waals surface area contributed by atoms with E-state index in [2.05, 4.69) is 20.3 Å². The number of amides is 1. The Morgan fingerprint density at radius 3 is 2.69 bits per heavy atom. The van der Waals surface area contributed by atoms with Crippen LogP contribution in [0.5, 0.6) is 5.88 Å². The lowest BCUT2D eigenvalue weighted by atomic mass is 10.1. The van der Waals surface area contributed by atoms with Gasteiger partial charge in [0.25, 0.3) is 0 Å². The number of fused-ring (bicyclic) bond motifs is 1. The molecule has 0 fully saturated rings. The summed E-state index contributed by atoms with van der Waals surface area (Å²) >= 11 is 0. The van der Waals surface area contributed by atoms with E-state index in [4.69, 9.17) is 4.74 Å². The van der Waals surface area contributed by atoms with Crippen LogP contribution in [0, 0.1) is 0 Å². The summed E-state index contributed by atoms with van der Waals surface area (Å²) in [7, 11) is 0. The molecule has 0 saturated carbocycles. The molecule has 3 rings (SSSR count). The zero-order valence-electron chi connectivity index (χ0n) is 15.3. The first-order valence-corrected chi connectivity index (χ1v) is 8.79. The molecule has 0 aliphatic heterocycles. The van der Waals surface area contributed by atoms with Crippen molar-refractivity contribution in [3.8, 4) is 5.88 Å². The smallest absolute Gasteiger partial charge is 0.247 e. The van der Waals surface area contributed by atoms with Gasteiger partial charge >= 0.3 is 0 Å². The average Bonchev–Trinajstić information content (AvgIpc) is 3.04. The van der Waals surface area contributed by atoms with E-state index in [-0.39, 0.29) is 24.3 Å². The zero-order chi connectivity index (χ0) is 18.5. The van der Waals surface area contributed by atoms with Crippen molar-refractivity contribution in [2.45, 2.75) is 39.7 Å². The number of hydrogen-bond donors (Lipinski definition) is 1. The van der Waals surface area contributed by atoms with Crippen molar-refractivity contribution < 1.29 is 9.53 Å². The highest BCUT2D eigenvalue weighted by molar-refractivity contribution is 5.91. The molecule has 2 aromatic heterocycles. The van der Waals surface area contributed by atoms with Crippen LogP contribution in [-0.4, -0.2) is 32.0 Å².